The lowest BCUT2D eigenvalue weighted by molar-refractivity contribution is -0.0166. The Bertz CT molecular complexity index is 417. The van der Waals surface area contributed by atoms with Crippen molar-refractivity contribution in [2.45, 2.75) is 6.10 Å². The molecule has 0 saturated heterocycles. The van der Waals surface area contributed by atoms with Gasteiger partial charge in [0.1, 0.15) is 25.8 Å². The standard InChI is InChI=1S/C13H14O4/c1-16-10-17-8-4-7-13(15)12-6-3-2-5-11(12)9-14/h2-3,5-6,9,13,15H,8,10H2,1H3. The molecular weight excluding hydrogens is 220 g/mol. The highest BCUT2D eigenvalue weighted by Crippen LogP contribution is 2.15. The SMILES string of the molecule is COCOCC#CC(O)c1ccccc1C=O. The van der Waals surface area contributed by atoms with Gasteiger partial charge in [-0.2, -0.15) is 0 Å². The van der Waals surface area contributed by atoms with Crippen LogP contribution in [0.1, 0.15) is 22.0 Å². The van der Waals surface area contributed by atoms with E-state index in [4.69, 9.17) is 4.74 Å². The van der Waals surface area contributed by atoms with Crippen LogP contribution in [0.15, 0.2) is 24.3 Å². The number of methoxy groups -OCH3 is 1. The zero-order chi connectivity index (χ0) is 12.5. The van der Waals surface area contributed by atoms with E-state index in [1.807, 2.05) is 0 Å². The topological polar surface area (TPSA) is 55.8 Å². The Labute approximate surface area is 100 Å². The number of aliphatic hydroxyl groups is 1. The molecule has 0 aliphatic heterocycles. The summed E-state index contributed by atoms with van der Waals surface area (Å²) >= 11 is 0. The normalized spacial score (nSPS) is 11.4. The first-order chi connectivity index (χ1) is 8.29. The second kappa shape index (κ2) is 7.58. The number of aldehydes is 1. The van der Waals surface area contributed by atoms with Crippen molar-refractivity contribution in [3.63, 3.8) is 0 Å². The van der Waals surface area contributed by atoms with Crippen molar-refractivity contribution in [3.05, 3.63) is 35.4 Å². The van der Waals surface area contributed by atoms with Gasteiger partial charge in [-0.1, -0.05) is 36.1 Å². The first-order valence-corrected chi connectivity index (χ1v) is 5.07. The predicted octanol–water partition coefficient (Wildman–Crippen LogP) is 1.16. The van der Waals surface area contributed by atoms with Gasteiger partial charge < -0.3 is 14.6 Å². The summed E-state index contributed by atoms with van der Waals surface area (Å²) < 4.78 is 9.62. The van der Waals surface area contributed by atoms with Crippen LogP contribution in [0.5, 0.6) is 0 Å². The Balaban J connectivity index is 2.62. The summed E-state index contributed by atoms with van der Waals surface area (Å²) in [6, 6.07) is 6.78. The first-order valence-electron chi connectivity index (χ1n) is 5.07. The average Bonchev–Trinajstić information content (AvgIpc) is 2.38. The van der Waals surface area contributed by atoms with Gasteiger partial charge in [-0.15, -0.1) is 0 Å². The molecule has 0 aliphatic carbocycles. The minimum Gasteiger partial charge on any atom is -0.376 e. The van der Waals surface area contributed by atoms with Crippen LogP contribution in [-0.2, 0) is 9.47 Å². The Morgan fingerprint density at radius 2 is 2.24 bits per heavy atom. The zero-order valence-electron chi connectivity index (χ0n) is 9.55. The van der Waals surface area contributed by atoms with E-state index in [9.17, 15) is 9.90 Å². The third kappa shape index (κ3) is 4.37. The van der Waals surface area contributed by atoms with Crippen molar-refractivity contribution in [2.24, 2.45) is 0 Å². The molecule has 0 spiro atoms. The van der Waals surface area contributed by atoms with Crippen LogP contribution in [0, 0.1) is 11.8 Å². The number of hydrogen-bond acceptors (Lipinski definition) is 4. The molecule has 0 aliphatic rings. The Hall–Kier alpha value is -1.67. The molecule has 0 heterocycles. The minimum absolute atomic E-state index is 0.162. The quantitative estimate of drug-likeness (QED) is 0.359. The fraction of sp³-hybridized carbons (Fsp3) is 0.308. The molecule has 1 N–H and O–H groups in total. The third-order valence-corrected chi connectivity index (χ3v) is 2.03. The highest BCUT2D eigenvalue weighted by molar-refractivity contribution is 5.77. The van der Waals surface area contributed by atoms with Gasteiger partial charge in [0.25, 0.3) is 0 Å². The van der Waals surface area contributed by atoms with Crippen LogP contribution in [0.25, 0.3) is 0 Å². The fourth-order valence-electron chi connectivity index (χ4n) is 1.26. The molecule has 0 bridgehead atoms. The van der Waals surface area contributed by atoms with Gasteiger partial charge in [0, 0.05) is 18.2 Å². The molecule has 0 radical (unpaired) electrons. The van der Waals surface area contributed by atoms with Gasteiger partial charge in [0.05, 0.1) is 0 Å². The number of aliphatic hydroxyl groups excluding tert-OH is 1. The van der Waals surface area contributed by atoms with Crippen molar-refractivity contribution in [3.8, 4) is 11.8 Å². The van der Waals surface area contributed by atoms with Crippen LogP contribution < -0.4 is 0 Å². The summed E-state index contributed by atoms with van der Waals surface area (Å²) in [5, 5.41) is 9.77. The molecule has 4 heteroatoms. The van der Waals surface area contributed by atoms with Gasteiger partial charge in [-0.25, -0.2) is 0 Å². The monoisotopic (exact) mass is 234 g/mol. The molecular formula is C13H14O4. The first kappa shape index (κ1) is 13.4. The summed E-state index contributed by atoms with van der Waals surface area (Å²) in [5.74, 6) is 5.25. The lowest BCUT2D eigenvalue weighted by atomic mass is 10.0. The Kier molecular flexibility index (Phi) is 5.97. The third-order valence-electron chi connectivity index (χ3n) is 2.03. The molecule has 17 heavy (non-hydrogen) atoms. The highest BCUT2D eigenvalue weighted by atomic mass is 16.7. The van der Waals surface area contributed by atoms with E-state index < -0.39 is 6.10 Å². The second-order valence-corrected chi connectivity index (χ2v) is 3.23. The molecule has 1 atom stereocenters. The van der Waals surface area contributed by atoms with Crippen LogP contribution in [0.4, 0.5) is 0 Å². The molecule has 1 unspecified atom stereocenters. The largest absolute Gasteiger partial charge is 0.376 e. The van der Waals surface area contributed by atoms with Crippen molar-refractivity contribution in [1.29, 1.82) is 0 Å². The van der Waals surface area contributed by atoms with Gasteiger partial charge in [0.2, 0.25) is 0 Å². The smallest absolute Gasteiger partial charge is 0.150 e. The summed E-state index contributed by atoms with van der Waals surface area (Å²) in [7, 11) is 1.52. The van der Waals surface area contributed by atoms with Crippen molar-refractivity contribution in [2.75, 3.05) is 20.5 Å². The number of carbonyl (C=O) groups is 1. The molecule has 1 rings (SSSR count). The molecule has 0 saturated carbocycles. The number of ether oxygens (including phenoxy) is 2. The van der Waals surface area contributed by atoms with E-state index in [1.165, 1.54) is 7.11 Å². The molecule has 4 nitrogen and oxygen atoms in total. The average molecular weight is 234 g/mol. The van der Waals surface area contributed by atoms with Crippen molar-refractivity contribution >= 4 is 6.29 Å². The van der Waals surface area contributed by atoms with E-state index in [0.717, 1.165) is 0 Å². The zero-order valence-corrected chi connectivity index (χ0v) is 9.55. The van der Waals surface area contributed by atoms with E-state index >= 15 is 0 Å². The molecule has 0 aromatic heterocycles. The fourth-order valence-corrected chi connectivity index (χ4v) is 1.26. The summed E-state index contributed by atoms with van der Waals surface area (Å²) in [6.45, 7) is 0.337. The van der Waals surface area contributed by atoms with Crippen LogP contribution in [0.3, 0.4) is 0 Å². The lowest BCUT2D eigenvalue weighted by Gasteiger charge is -2.06. The van der Waals surface area contributed by atoms with Crippen LogP contribution >= 0.6 is 0 Å². The highest BCUT2D eigenvalue weighted by Gasteiger charge is 2.07. The molecule has 0 fully saturated rings. The van der Waals surface area contributed by atoms with Crippen molar-refractivity contribution < 1.29 is 19.4 Å². The maximum absolute atomic E-state index is 10.7. The summed E-state index contributed by atoms with van der Waals surface area (Å²) in [5.41, 5.74) is 0.939. The van der Waals surface area contributed by atoms with Gasteiger partial charge in [-0.05, 0) is 0 Å². The number of carbonyl (C=O) groups excluding carboxylic acids is 1. The molecule has 1 aromatic carbocycles. The van der Waals surface area contributed by atoms with Crippen LogP contribution in [0.2, 0.25) is 0 Å². The van der Waals surface area contributed by atoms with Gasteiger partial charge in [0.15, 0.2) is 0 Å². The predicted molar refractivity (Wildman–Crippen MR) is 62.4 cm³/mol. The lowest BCUT2D eigenvalue weighted by Crippen LogP contribution is -2.00. The molecule has 90 valence electrons. The van der Waals surface area contributed by atoms with Gasteiger partial charge >= 0.3 is 0 Å². The van der Waals surface area contributed by atoms with Crippen molar-refractivity contribution in [1.82, 2.24) is 0 Å². The number of benzene rings is 1. The summed E-state index contributed by atoms with van der Waals surface area (Å²) in [4.78, 5) is 10.7. The Morgan fingerprint density at radius 3 is 2.94 bits per heavy atom. The van der Waals surface area contributed by atoms with E-state index in [-0.39, 0.29) is 13.4 Å². The van der Waals surface area contributed by atoms with E-state index in [0.29, 0.717) is 17.4 Å². The molecule has 0 amide bonds. The maximum atomic E-state index is 10.7. The molecule has 1 aromatic rings. The Morgan fingerprint density at radius 1 is 1.47 bits per heavy atom. The van der Waals surface area contributed by atoms with Crippen LogP contribution in [-0.4, -0.2) is 31.9 Å². The number of hydrogen-bond donors (Lipinski definition) is 1. The second-order valence-electron chi connectivity index (χ2n) is 3.23. The minimum atomic E-state index is -0.984. The van der Waals surface area contributed by atoms with E-state index in [1.54, 1.807) is 24.3 Å². The number of rotatable bonds is 5. The van der Waals surface area contributed by atoms with Gasteiger partial charge in [-0.3, -0.25) is 4.79 Å². The maximum Gasteiger partial charge on any atom is 0.150 e. The van der Waals surface area contributed by atoms with E-state index in [2.05, 4.69) is 16.6 Å². The summed E-state index contributed by atoms with van der Waals surface area (Å²) in [6.07, 6.45) is -0.288.